The van der Waals surface area contributed by atoms with Crippen LogP contribution in [0.3, 0.4) is 0 Å². The fourth-order valence-corrected chi connectivity index (χ4v) is 5.07. The van der Waals surface area contributed by atoms with Crippen LogP contribution in [-0.2, 0) is 16.6 Å². The van der Waals surface area contributed by atoms with Gasteiger partial charge in [-0.3, -0.25) is 0 Å². The number of anilines is 1. The molecular formula is C27H20F3N5O4S2. The molecule has 0 bridgehead atoms. The van der Waals surface area contributed by atoms with E-state index in [1.54, 1.807) is 0 Å². The summed E-state index contributed by atoms with van der Waals surface area (Å²) in [6.45, 7) is 0.168. The monoisotopic (exact) mass is 599 g/mol. The molecule has 0 radical (unpaired) electrons. The molecule has 0 aliphatic carbocycles. The molecule has 210 valence electrons. The highest BCUT2D eigenvalue weighted by Crippen LogP contribution is 2.42. The lowest BCUT2D eigenvalue weighted by Crippen LogP contribution is -2.17. The first-order valence-corrected chi connectivity index (χ1v) is 13.8. The Morgan fingerprint density at radius 2 is 1.73 bits per heavy atom. The zero-order valence-electron chi connectivity index (χ0n) is 20.8. The third kappa shape index (κ3) is 6.29. The summed E-state index contributed by atoms with van der Waals surface area (Å²) in [5.74, 6) is -0.871. The molecule has 0 atom stereocenters. The summed E-state index contributed by atoms with van der Waals surface area (Å²) < 4.78 is 67.6. The molecule has 5 rings (SSSR count). The van der Waals surface area contributed by atoms with E-state index < -0.39 is 22.1 Å². The Hall–Kier alpha value is -4.53. The van der Waals surface area contributed by atoms with E-state index >= 15 is 0 Å². The first-order chi connectivity index (χ1) is 19.4. The maximum atomic E-state index is 12.9. The Morgan fingerprint density at radius 3 is 2.49 bits per heavy atom. The number of alkyl halides is 3. The van der Waals surface area contributed by atoms with Gasteiger partial charge in [0.1, 0.15) is 5.75 Å². The van der Waals surface area contributed by atoms with Crippen LogP contribution in [0.15, 0.2) is 100 Å². The fourth-order valence-electron chi connectivity index (χ4n) is 4.35. The number of hydrogen-bond acceptors (Lipinski definition) is 6. The Labute approximate surface area is 236 Å². The van der Waals surface area contributed by atoms with Gasteiger partial charge in [0.05, 0.1) is 17.0 Å². The molecule has 0 aliphatic rings. The maximum Gasteiger partial charge on any atom is 0.573 e. The predicted octanol–water partition coefficient (Wildman–Crippen LogP) is 6.58. The minimum atomic E-state index is -4.93. The lowest BCUT2D eigenvalue weighted by molar-refractivity contribution is -0.274. The van der Waals surface area contributed by atoms with E-state index in [2.05, 4.69) is 20.3 Å². The first kappa shape index (κ1) is 28.0. The third-order valence-corrected chi connectivity index (χ3v) is 7.17. The molecule has 9 nitrogen and oxygen atoms in total. The van der Waals surface area contributed by atoms with E-state index in [0.717, 1.165) is 28.5 Å². The van der Waals surface area contributed by atoms with Crippen molar-refractivity contribution in [3.8, 4) is 11.6 Å². The van der Waals surface area contributed by atoms with Gasteiger partial charge in [0, 0.05) is 11.1 Å². The molecule has 0 amide bonds. The van der Waals surface area contributed by atoms with Crippen LogP contribution < -0.4 is 15.2 Å². The molecule has 1 aromatic heterocycles. The average Bonchev–Trinajstić information content (AvgIpc) is 3.16. The van der Waals surface area contributed by atoms with Gasteiger partial charge in [-0.2, -0.15) is 0 Å². The summed E-state index contributed by atoms with van der Waals surface area (Å²) in [7, 11) is -3.97. The highest BCUT2D eigenvalue weighted by atomic mass is 32.2. The van der Waals surface area contributed by atoms with E-state index in [4.69, 9.17) is 17.4 Å². The molecule has 14 heteroatoms. The number of sulfonamides is 1. The molecule has 0 saturated carbocycles. The largest absolute Gasteiger partial charge is 0.573 e. The number of benzene rings is 4. The maximum absolute atomic E-state index is 12.9. The highest BCUT2D eigenvalue weighted by Gasteiger charge is 2.31. The lowest BCUT2D eigenvalue weighted by atomic mass is 10.0. The molecule has 5 aromatic rings. The van der Waals surface area contributed by atoms with E-state index in [0.29, 0.717) is 5.52 Å². The van der Waals surface area contributed by atoms with Crippen LogP contribution in [0, 0.1) is 0 Å². The number of primary sulfonamides is 1. The van der Waals surface area contributed by atoms with Crippen molar-refractivity contribution in [1.29, 1.82) is 0 Å². The van der Waals surface area contributed by atoms with Gasteiger partial charge >= 0.3 is 6.36 Å². The average molecular weight is 600 g/mol. The van der Waals surface area contributed by atoms with Crippen LogP contribution in [0.5, 0.6) is 11.6 Å². The summed E-state index contributed by atoms with van der Waals surface area (Å²) in [6, 6.07) is 22.5. The minimum Gasteiger partial charge on any atom is -0.493 e. The van der Waals surface area contributed by atoms with Gasteiger partial charge in [0.25, 0.3) is 0 Å². The van der Waals surface area contributed by atoms with Gasteiger partial charge in [0.15, 0.2) is 5.69 Å². The number of ether oxygens (including phenoxy) is 1. The number of nitrogens with one attached hydrogen (secondary N) is 1. The van der Waals surface area contributed by atoms with Crippen LogP contribution in [0.25, 0.3) is 21.7 Å². The Morgan fingerprint density at radius 1 is 1.00 bits per heavy atom. The van der Waals surface area contributed by atoms with E-state index in [-0.39, 0.29) is 39.2 Å². The van der Waals surface area contributed by atoms with Crippen molar-refractivity contribution in [2.24, 2.45) is 15.4 Å². The number of halogens is 3. The topological polar surface area (TPSA) is 131 Å². The van der Waals surface area contributed by atoms with Crippen molar-refractivity contribution in [3.63, 3.8) is 0 Å². The summed E-state index contributed by atoms with van der Waals surface area (Å²) in [4.78, 5) is -0.159. The number of thiocarbonyl (C=S) groups is 1. The second kappa shape index (κ2) is 10.8. The van der Waals surface area contributed by atoms with E-state index in [9.17, 15) is 26.7 Å². The van der Waals surface area contributed by atoms with Gasteiger partial charge in [-0.05, 0) is 65.0 Å². The summed E-state index contributed by atoms with van der Waals surface area (Å²) >= 11 is 5.19. The van der Waals surface area contributed by atoms with Crippen LogP contribution in [-0.4, -0.2) is 29.6 Å². The van der Waals surface area contributed by atoms with Crippen molar-refractivity contribution >= 4 is 60.4 Å². The molecule has 0 fully saturated rings. The van der Waals surface area contributed by atoms with Gasteiger partial charge in [0.2, 0.25) is 21.0 Å². The number of fused-ring (bicyclic) bond motifs is 2. The number of rotatable bonds is 6. The quantitative estimate of drug-likeness (QED) is 0.149. The SMILES string of the molecule is NS(=O)(=O)c1cccc(NC(=S)N=Nc2c(O)n(Cc3cccc4ccccc34)c3ccc(OC(F)(F)F)cc23)c1. The zero-order chi connectivity index (χ0) is 29.4. The summed E-state index contributed by atoms with van der Waals surface area (Å²) in [5, 5.41) is 28.8. The van der Waals surface area contributed by atoms with Crippen molar-refractivity contribution in [1.82, 2.24) is 4.57 Å². The van der Waals surface area contributed by atoms with E-state index in [1.807, 2.05) is 42.5 Å². The van der Waals surface area contributed by atoms with Crippen molar-refractivity contribution in [3.05, 3.63) is 90.5 Å². The molecule has 4 N–H and O–H groups in total. The molecule has 0 spiro atoms. The molecule has 0 aliphatic heterocycles. The second-order valence-electron chi connectivity index (χ2n) is 8.83. The number of hydrogen-bond donors (Lipinski definition) is 3. The van der Waals surface area contributed by atoms with Crippen LogP contribution in [0.2, 0.25) is 0 Å². The minimum absolute atomic E-state index is 0.132. The number of nitrogens with two attached hydrogens (primary N) is 1. The van der Waals surface area contributed by atoms with Crippen LogP contribution in [0.1, 0.15) is 5.56 Å². The van der Waals surface area contributed by atoms with Crippen molar-refractivity contribution in [2.75, 3.05) is 5.32 Å². The van der Waals surface area contributed by atoms with Gasteiger partial charge in [-0.1, -0.05) is 48.5 Å². The number of azo groups is 1. The number of nitrogens with zero attached hydrogens (tertiary/aromatic N) is 3. The van der Waals surface area contributed by atoms with Crippen molar-refractivity contribution < 1.29 is 31.4 Å². The Bertz CT molecular complexity index is 1930. The normalized spacial score (nSPS) is 12.3. The summed E-state index contributed by atoms with van der Waals surface area (Å²) in [5.41, 5.74) is 1.33. The number of aromatic nitrogens is 1. The molecule has 1 heterocycles. The third-order valence-electron chi connectivity index (χ3n) is 6.08. The van der Waals surface area contributed by atoms with Gasteiger partial charge in [-0.25, -0.2) is 13.6 Å². The Kier molecular flexibility index (Phi) is 7.38. The van der Waals surface area contributed by atoms with Crippen molar-refractivity contribution in [2.45, 2.75) is 17.8 Å². The van der Waals surface area contributed by atoms with Crippen LogP contribution in [0.4, 0.5) is 24.5 Å². The van der Waals surface area contributed by atoms with E-state index in [1.165, 1.54) is 34.9 Å². The summed E-state index contributed by atoms with van der Waals surface area (Å²) in [6.07, 6.45) is -4.93. The highest BCUT2D eigenvalue weighted by molar-refractivity contribution is 7.89. The molecule has 4 aromatic carbocycles. The Balaban J connectivity index is 1.54. The van der Waals surface area contributed by atoms with Gasteiger partial charge in [-0.15, -0.1) is 23.4 Å². The zero-order valence-corrected chi connectivity index (χ0v) is 22.5. The lowest BCUT2D eigenvalue weighted by Gasteiger charge is -2.11. The second-order valence-corrected chi connectivity index (χ2v) is 10.8. The molecule has 0 saturated heterocycles. The number of aromatic hydroxyl groups is 1. The molecule has 0 unspecified atom stereocenters. The smallest absolute Gasteiger partial charge is 0.493 e. The predicted molar refractivity (Wildman–Crippen MR) is 152 cm³/mol. The fraction of sp³-hybridized carbons (Fsp3) is 0.0741. The first-order valence-electron chi connectivity index (χ1n) is 11.8. The molecule has 41 heavy (non-hydrogen) atoms. The standard InChI is InChI=1S/C27H20F3N5O4S2/c28-27(29,30)39-19-11-12-23-22(14-19)24(33-34-26(40)32-18-8-4-9-20(13-18)41(31,37)38)25(36)35(23)15-17-7-3-6-16-5-1-2-10-21(16)17/h1-14,36H,15H2,(H,32,40)(H2,31,37,38). The molecular weight excluding hydrogens is 579 g/mol. The van der Waals surface area contributed by atoms with Crippen LogP contribution >= 0.6 is 12.2 Å². The van der Waals surface area contributed by atoms with Gasteiger partial charge < -0.3 is 19.7 Å².